The number of unbranched alkanes of at least 4 members (excludes halogenated alkanes) is 2. The molecule has 1 saturated heterocycles. The third-order valence-electron chi connectivity index (χ3n) is 1.79. The van der Waals surface area contributed by atoms with Crippen molar-refractivity contribution >= 4 is 5.91 Å². The molecule has 0 aromatic carbocycles. The van der Waals surface area contributed by atoms with Gasteiger partial charge in [0.2, 0.25) is 5.91 Å². The third-order valence-corrected chi connectivity index (χ3v) is 1.79. The van der Waals surface area contributed by atoms with Crippen LogP contribution in [0.15, 0.2) is 0 Å². The quantitative estimate of drug-likeness (QED) is 0.428. The Hall–Kier alpha value is -0.530. The lowest BCUT2D eigenvalue weighted by atomic mass is 10.2. The lowest BCUT2D eigenvalue weighted by molar-refractivity contribution is -0.125. The fourth-order valence-electron chi connectivity index (χ4n) is 0.984. The molecule has 0 N–H and O–H groups in total. The number of amides is 1. The largest absolute Gasteiger partial charge is 0.339 e. The summed E-state index contributed by atoms with van der Waals surface area (Å²) >= 11 is 0. The van der Waals surface area contributed by atoms with Gasteiger partial charge < -0.3 is 4.90 Å². The van der Waals surface area contributed by atoms with E-state index in [1.54, 1.807) is 0 Å². The zero-order valence-corrected chi connectivity index (χ0v) is 6.60. The molecule has 0 aromatic rings. The van der Waals surface area contributed by atoms with Crippen molar-refractivity contribution in [3.63, 3.8) is 0 Å². The summed E-state index contributed by atoms with van der Waals surface area (Å²) in [6.07, 6.45) is 4.24. The first-order chi connectivity index (χ1) is 4.84. The second-order valence-electron chi connectivity index (χ2n) is 2.84. The van der Waals surface area contributed by atoms with Crippen molar-refractivity contribution in [2.75, 3.05) is 13.1 Å². The molecule has 0 saturated carbocycles. The van der Waals surface area contributed by atoms with Gasteiger partial charge in [-0.05, 0) is 6.42 Å². The van der Waals surface area contributed by atoms with Crippen molar-refractivity contribution in [3.05, 3.63) is 0 Å². The highest BCUT2D eigenvalue weighted by Gasteiger charge is 2.22. The lowest BCUT2D eigenvalue weighted by Gasteiger charge is -1.98. The highest BCUT2D eigenvalue weighted by molar-refractivity contribution is 5.78. The predicted octanol–water partition coefficient (Wildman–Crippen LogP) is 1.41. The van der Waals surface area contributed by atoms with Crippen LogP contribution in [0, 0.1) is 0 Å². The van der Waals surface area contributed by atoms with Crippen molar-refractivity contribution in [3.8, 4) is 0 Å². The van der Waals surface area contributed by atoms with E-state index in [2.05, 4.69) is 6.92 Å². The smallest absolute Gasteiger partial charge is 0.222 e. The van der Waals surface area contributed by atoms with Gasteiger partial charge in [0.1, 0.15) is 0 Å². The maximum Gasteiger partial charge on any atom is 0.222 e. The van der Waals surface area contributed by atoms with E-state index >= 15 is 0 Å². The molecule has 58 valence electrons. The van der Waals surface area contributed by atoms with Crippen LogP contribution in [0.3, 0.4) is 0 Å². The Balaban J connectivity index is 1.95. The van der Waals surface area contributed by atoms with Crippen molar-refractivity contribution in [2.24, 2.45) is 0 Å². The van der Waals surface area contributed by atoms with Crippen LogP contribution in [0.4, 0.5) is 0 Å². The standard InChI is InChI=1S/C8H15NO/c1-2-3-4-5-8(10)9-6-7-9/h2-7H2,1H3. The van der Waals surface area contributed by atoms with E-state index in [0.29, 0.717) is 5.91 Å². The van der Waals surface area contributed by atoms with Crippen LogP contribution >= 0.6 is 0 Å². The van der Waals surface area contributed by atoms with Gasteiger partial charge in [-0.3, -0.25) is 4.79 Å². The van der Waals surface area contributed by atoms with E-state index in [4.69, 9.17) is 0 Å². The van der Waals surface area contributed by atoms with Crippen LogP contribution < -0.4 is 0 Å². The Morgan fingerprint density at radius 1 is 1.40 bits per heavy atom. The summed E-state index contributed by atoms with van der Waals surface area (Å²) in [6.45, 7) is 4.16. The zero-order chi connectivity index (χ0) is 7.40. The minimum absolute atomic E-state index is 0.355. The fraction of sp³-hybridized carbons (Fsp3) is 0.875. The lowest BCUT2D eigenvalue weighted by Crippen LogP contribution is -2.09. The van der Waals surface area contributed by atoms with E-state index in [1.165, 1.54) is 12.8 Å². The number of carbonyl (C=O) groups is 1. The molecule has 2 heteroatoms. The minimum Gasteiger partial charge on any atom is -0.339 e. The van der Waals surface area contributed by atoms with Crippen LogP contribution in [0.1, 0.15) is 32.6 Å². The molecule has 1 amide bonds. The summed E-state index contributed by atoms with van der Waals surface area (Å²) in [4.78, 5) is 12.9. The van der Waals surface area contributed by atoms with Crippen molar-refractivity contribution < 1.29 is 4.79 Å². The molecule has 2 nitrogen and oxygen atoms in total. The highest BCUT2D eigenvalue weighted by Crippen LogP contribution is 2.09. The Labute approximate surface area is 62.2 Å². The number of nitrogens with zero attached hydrogens (tertiary/aromatic N) is 1. The Morgan fingerprint density at radius 2 is 2.10 bits per heavy atom. The molecule has 1 fully saturated rings. The summed E-state index contributed by atoms with van der Waals surface area (Å²) in [6, 6.07) is 0. The molecule has 0 radical (unpaired) electrons. The summed E-state index contributed by atoms with van der Waals surface area (Å²) in [5.74, 6) is 0.355. The van der Waals surface area contributed by atoms with Crippen LogP contribution in [0.2, 0.25) is 0 Å². The molecule has 1 aliphatic rings. The molecule has 10 heavy (non-hydrogen) atoms. The number of hydrogen-bond acceptors (Lipinski definition) is 1. The van der Waals surface area contributed by atoms with Gasteiger partial charge in [-0.15, -0.1) is 0 Å². The van der Waals surface area contributed by atoms with E-state index < -0.39 is 0 Å². The predicted molar refractivity (Wildman–Crippen MR) is 40.7 cm³/mol. The normalized spacial score (nSPS) is 15.5. The summed E-state index contributed by atoms with van der Waals surface area (Å²) < 4.78 is 0. The molecule has 0 unspecified atom stereocenters. The van der Waals surface area contributed by atoms with Crippen LogP contribution in [0.25, 0.3) is 0 Å². The Morgan fingerprint density at radius 3 is 2.60 bits per heavy atom. The molecular weight excluding hydrogens is 126 g/mol. The zero-order valence-electron chi connectivity index (χ0n) is 6.60. The molecule has 0 aromatic heterocycles. The number of carbonyl (C=O) groups excluding carboxylic acids is 1. The average molecular weight is 141 g/mol. The molecule has 0 bridgehead atoms. The van der Waals surface area contributed by atoms with Crippen LogP contribution in [-0.2, 0) is 4.79 Å². The second kappa shape index (κ2) is 3.59. The van der Waals surface area contributed by atoms with Crippen molar-refractivity contribution in [1.29, 1.82) is 0 Å². The first-order valence-electron chi connectivity index (χ1n) is 4.12. The Kier molecular flexibility index (Phi) is 2.72. The molecule has 1 heterocycles. The number of rotatable bonds is 4. The molecule has 0 spiro atoms. The van der Waals surface area contributed by atoms with Crippen LogP contribution in [-0.4, -0.2) is 23.9 Å². The minimum atomic E-state index is 0.355. The summed E-state index contributed by atoms with van der Waals surface area (Å²) in [7, 11) is 0. The first kappa shape index (κ1) is 7.58. The summed E-state index contributed by atoms with van der Waals surface area (Å²) in [5.41, 5.74) is 0. The van der Waals surface area contributed by atoms with Crippen LogP contribution in [0.5, 0.6) is 0 Å². The van der Waals surface area contributed by atoms with Gasteiger partial charge in [-0.25, -0.2) is 0 Å². The van der Waals surface area contributed by atoms with Gasteiger partial charge in [0.25, 0.3) is 0 Å². The van der Waals surface area contributed by atoms with E-state index in [0.717, 1.165) is 25.9 Å². The summed E-state index contributed by atoms with van der Waals surface area (Å²) in [5, 5.41) is 0. The molecule has 1 aliphatic heterocycles. The number of hydrogen-bond donors (Lipinski definition) is 0. The van der Waals surface area contributed by atoms with E-state index in [9.17, 15) is 4.79 Å². The molecule has 0 atom stereocenters. The fourth-order valence-corrected chi connectivity index (χ4v) is 0.984. The topological polar surface area (TPSA) is 20.1 Å². The van der Waals surface area contributed by atoms with E-state index in [1.807, 2.05) is 4.90 Å². The maximum atomic E-state index is 11.0. The van der Waals surface area contributed by atoms with Crippen molar-refractivity contribution in [1.82, 2.24) is 4.90 Å². The van der Waals surface area contributed by atoms with Gasteiger partial charge in [0, 0.05) is 19.5 Å². The molecular formula is C8H15NO. The average Bonchev–Trinajstić information content (AvgIpc) is 2.69. The SMILES string of the molecule is CCCCCC(=O)N1CC1. The molecule has 0 aliphatic carbocycles. The van der Waals surface area contributed by atoms with Gasteiger partial charge in [-0.1, -0.05) is 19.8 Å². The first-order valence-corrected chi connectivity index (χ1v) is 4.12. The monoisotopic (exact) mass is 141 g/mol. The molecule has 1 rings (SSSR count). The highest BCUT2D eigenvalue weighted by atomic mass is 16.2. The maximum absolute atomic E-state index is 11.0. The second-order valence-corrected chi connectivity index (χ2v) is 2.84. The van der Waals surface area contributed by atoms with Gasteiger partial charge in [0.15, 0.2) is 0 Å². The van der Waals surface area contributed by atoms with E-state index in [-0.39, 0.29) is 0 Å². The van der Waals surface area contributed by atoms with Crippen molar-refractivity contribution in [2.45, 2.75) is 32.6 Å². The van der Waals surface area contributed by atoms with Gasteiger partial charge in [-0.2, -0.15) is 0 Å². The van der Waals surface area contributed by atoms with Gasteiger partial charge >= 0.3 is 0 Å². The third kappa shape index (κ3) is 2.38. The van der Waals surface area contributed by atoms with Gasteiger partial charge in [0.05, 0.1) is 0 Å². The Bertz CT molecular complexity index is 118.